The van der Waals surface area contributed by atoms with Crippen molar-refractivity contribution in [2.45, 2.75) is 25.2 Å². The average molecular weight is 263 g/mol. The van der Waals surface area contributed by atoms with Gasteiger partial charge in [-0.2, -0.15) is 5.26 Å². The van der Waals surface area contributed by atoms with E-state index in [0.717, 1.165) is 48.0 Å². The Bertz CT molecular complexity index is 399. The number of nitrogens with one attached hydrogen (secondary N) is 2. The highest BCUT2D eigenvalue weighted by molar-refractivity contribution is 7.99. The monoisotopic (exact) mass is 263 g/mol. The van der Waals surface area contributed by atoms with Crippen LogP contribution >= 0.6 is 11.8 Å². The van der Waals surface area contributed by atoms with Crippen molar-refractivity contribution in [3.63, 3.8) is 0 Å². The van der Waals surface area contributed by atoms with Gasteiger partial charge in [0, 0.05) is 18.0 Å². The lowest BCUT2D eigenvalue weighted by Gasteiger charge is -2.11. The maximum absolute atomic E-state index is 9.25. The highest BCUT2D eigenvalue weighted by Crippen LogP contribution is 2.27. The van der Waals surface area contributed by atoms with Gasteiger partial charge < -0.3 is 10.6 Å². The molecule has 0 bridgehead atoms. The van der Waals surface area contributed by atoms with Crippen LogP contribution in [-0.2, 0) is 0 Å². The first-order valence-corrected chi connectivity index (χ1v) is 7.42. The van der Waals surface area contributed by atoms with E-state index < -0.39 is 0 Å². The first kappa shape index (κ1) is 14.9. The minimum absolute atomic E-state index is 0.764. The van der Waals surface area contributed by atoms with Gasteiger partial charge >= 0.3 is 0 Å². The Morgan fingerprint density at radius 2 is 2.06 bits per heavy atom. The molecule has 0 saturated heterocycles. The molecule has 18 heavy (non-hydrogen) atoms. The third kappa shape index (κ3) is 4.59. The maximum Gasteiger partial charge on any atom is 0.102 e. The van der Waals surface area contributed by atoms with Gasteiger partial charge in [-0.05, 0) is 30.9 Å². The molecule has 1 aromatic carbocycles. The third-order valence-electron chi connectivity index (χ3n) is 2.48. The predicted octanol–water partition coefficient (Wildman–Crippen LogP) is 3.08. The maximum atomic E-state index is 9.25. The molecule has 2 N–H and O–H groups in total. The van der Waals surface area contributed by atoms with Gasteiger partial charge in [-0.15, -0.1) is 11.8 Å². The predicted molar refractivity (Wildman–Crippen MR) is 79.2 cm³/mol. The Balaban J connectivity index is 2.59. The van der Waals surface area contributed by atoms with Crippen LogP contribution in [0.2, 0.25) is 0 Å². The van der Waals surface area contributed by atoms with Crippen molar-refractivity contribution in [2.24, 2.45) is 0 Å². The standard InChI is InChI=1S/C14H21N3S/c1-3-8-16-9-10-17-13-6-5-7-14(18-4-2)12(13)11-15/h5-7,16-17H,3-4,8-10H2,1-2H3. The van der Waals surface area contributed by atoms with Crippen LogP contribution in [0.15, 0.2) is 23.1 Å². The second kappa shape index (κ2) is 8.84. The molecule has 0 aromatic heterocycles. The smallest absolute Gasteiger partial charge is 0.102 e. The zero-order valence-corrected chi connectivity index (χ0v) is 11.9. The van der Waals surface area contributed by atoms with Crippen molar-refractivity contribution in [3.8, 4) is 6.07 Å². The van der Waals surface area contributed by atoms with E-state index in [1.54, 1.807) is 11.8 Å². The molecule has 0 fully saturated rings. The first-order valence-electron chi connectivity index (χ1n) is 6.44. The van der Waals surface area contributed by atoms with Crippen LogP contribution in [0.3, 0.4) is 0 Å². The van der Waals surface area contributed by atoms with Gasteiger partial charge in [0.1, 0.15) is 6.07 Å². The topological polar surface area (TPSA) is 47.8 Å². The molecule has 0 spiro atoms. The van der Waals surface area contributed by atoms with Crippen LogP contribution in [0.5, 0.6) is 0 Å². The SMILES string of the molecule is CCCNCCNc1cccc(SCC)c1C#N. The first-order chi connectivity index (χ1) is 8.83. The highest BCUT2D eigenvalue weighted by atomic mass is 32.2. The van der Waals surface area contributed by atoms with Crippen molar-refractivity contribution in [1.29, 1.82) is 5.26 Å². The second-order valence-corrected chi connectivity index (χ2v) is 5.21. The molecule has 0 aliphatic carbocycles. The average Bonchev–Trinajstić information content (AvgIpc) is 2.39. The zero-order valence-electron chi connectivity index (χ0n) is 11.1. The number of nitriles is 1. The van der Waals surface area contributed by atoms with E-state index in [0.29, 0.717) is 0 Å². The van der Waals surface area contributed by atoms with E-state index in [9.17, 15) is 5.26 Å². The molecule has 0 unspecified atom stereocenters. The number of nitrogens with zero attached hydrogens (tertiary/aromatic N) is 1. The Hall–Kier alpha value is -1.18. The van der Waals surface area contributed by atoms with Crippen molar-refractivity contribution >= 4 is 17.4 Å². The van der Waals surface area contributed by atoms with Crippen LogP contribution in [0.1, 0.15) is 25.8 Å². The minimum Gasteiger partial charge on any atom is -0.383 e. The summed E-state index contributed by atoms with van der Waals surface area (Å²) < 4.78 is 0. The van der Waals surface area contributed by atoms with Crippen LogP contribution < -0.4 is 10.6 Å². The third-order valence-corrected chi connectivity index (χ3v) is 3.42. The summed E-state index contributed by atoms with van der Waals surface area (Å²) in [7, 11) is 0. The number of rotatable bonds is 8. The summed E-state index contributed by atoms with van der Waals surface area (Å²) in [5.74, 6) is 0.982. The number of anilines is 1. The summed E-state index contributed by atoms with van der Waals surface area (Å²) in [6.45, 7) is 7.05. The lowest BCUT2D eigenvalue weighted by molar-refractivity contribution is 0.687. The van der Waals surface area contributed by atoms with Gasteiger partial charge in [0.15, 0.2) is 0 Å². The van der Waals surface area contributed by atoms with Gasteiger partial charge in [0.2, 0.25) is 0 Å². The lowest BCUT2D eigenvalue weighted by atomic mass is 10.2. The molecule has 0 heterocycles. The summed E-state index contributed by atoms with van der Waals surface area (Å²) in [4.78, 5) is 1.06. The van der Waals surface area contributed by atoms with E-state index in [2.05, 4.69) is 30.6 Å². The van der Waals surface area contributed by atoms with E-state index in [-0.39, 0.29) is 0 Å². The zero-order chi connectivity index (χ0) is 13.2. The summed E-state index contributed by atoms with van der Waals surface area (Å²) in [6.07, 6.45) is 1.14. The van der Waals surface area contributed by atoms with Crippen molar-refractivity contribution < 1.29 is 0 Å². The molecule has 0 amide bonds. The minimum atomic E-state index is 0.764. The Labute approximate surface area is 114 Å². The van der Waals surface area contributed by atoms with Crippen LogP contribution in [-0.4, -0.2) is 25.4 Å². The number of hydrogen-bond acceptors (Lipinski definition) is 4. The van der Waals surface area contributed by atoms with Crippen LogP contribution in [0.25, 0.3) is 0 Å². The quantitative estimate of drug-likeness (QED) is 0.559. The van der Waals surface area contributed by atoms with Crippen molar-refractivity contribution in [1.82, 2.24) is 5.32 Å². The summed E-state index contributed by atoms with van der Waals surface area (Å²) in [6, 6.07) is 8.28. The Kier molecular flexibility index (Phi) is 7.31. The van der Waals surface area contributed by atoms with Crippen molar-refractivity contribution in [3.05, 3.63) is 23.8 Å². The van der Waals surface area contributed by atoms with E-state index in [1.807, 2.05) is 18.2 Å². The molecule has 0 saturated carbocycles. The molecule has 98 valence electrons. The fraction of sp³-hybridized carbons (Fsp3) is 0.500. The number of benzene rings is 1. The normalized spacial score (nSPS) is 10.1. The largest absolute Gasteiger partial charge is 0.383 e. The van der Waals surface area contributed by atoms with E-state index in [1.165, 1.54) is 0 Å². The van der Waals surface area contributed by atoms with Gasteiger partial charge in [-0.25, -0.2) is 0 Å². The molecule has 0 aliphatic heterocycles. The molecule has 0 aliphatic rings. The van der Waals surface area contributed by atoms with Crippen LogP contribution in [0, 0.1) is 11.3 Å². The molecule has 3 nitrogen and oxygen atoms in total. The summed E-state index contributed by atoms with van der Waals surface area (Å²) in [5, 5.41) is 15.9. The molecule has 0 radical (unpaired) electrons. The van der Waals surface area contributed by atoms with Gasteiger partial charge in [-0.1, -0.05) is 19.9 Å². The molecular formula is C14H21N3S. The summed E-state index contributed by atoms with van der Waals surface area (Å²) in [5.41, 5.74) is 1.70. The van der Waals surface area contributed by atoms with Gasteiger partial charge in [0.25, 0.3) is 0 Å². The highest BCUT2D eigenvalue weighted by Gasteiger charge is 2.07. The second-order valence-electron chi connectivity index (χ2n) is 3.90. The van der Waals surface area contributed by atoms with Crippen LogP contribution in [0.4, 0.5) is 5.69 Å². The number of hydrogen-bond donors (Lipinski definition) is 2. The van der Waals surface area contributed by atoms with E-state index in [4.69, 9.17) is 0 Å². The molecular weight excluding hydrogens is 242 g/mol. The Morgan fingerprint density at radius 3 is 2.72 bits per heavy atom. The molecule has 1 aromatic rings. The Morgan fingerprint density at radius 1 is 1.22 bits per heavy atom. The molecule has 4 heteroatoms. The number of thioether (sulfide) groups is 1. The van der Waals surface area contributed by atoms with Crippen molar-refractivity contribution in [2.75, 3.05) is 30.7 Å². The van der Waals surface area contributed by atoms with Gasteiger partial charge in [0.05, 0.1) is 11.3 Å². The fourth-order valence-electron chi connectivity index (χ4n) is 1.66. The summed E-state index contributed by atoms with van der Waals surface area (Å²) >= 11 is 1.71. The van der Waals surface area contributed by atoms with Gasteiger partial charge in [-0.3, -0.25) is 0 Å². The molecule has 1 rings (SSSR count). The lowest BCUT2D eigenvalue weighted by Crippen LogP contribution is -2.23. The van der Waals surface area contributed by atoms with E-state index >= 15 is 0 Å². The molecule has 0 atom stereocenters. The fourth-order valence-corrected chi connectivity index (χ4v) is 2.44.